The van der Waals surface area contributed by atoms with Gasteiger partial charge in [0.05, 0.1) is 0 Å². The maximum Gasteiger partial charge on any atom is 0.460 e. The Bertz CT molecular complexity index is 483. The molecule has 0 bridgehead atoms. The second-order valence-corrected chi connectivity index (χ2v) is 9.64. The molecule has 28 heavy (non-hydrogen) atoms. The molecule has 0 amide bonds. The number of hydrogen-bond acceptors (Lipinski definition) is 0. The van der Waals surface area contributed by atoms with E-state index >= 15 is 0 Å². The second kappa shape index (κ2) is 9.40. The molecule has 0 spiro atoms. The average molecular weight is 550 g/mol. The Balaban J connectivity index is 5.28. The molecule has 0 rings (SSSR count). The van der Waals surface area contributed by atoms with E-state index in [-0.39, 0.29) is 6.42 Å². The topological polar surface area (TPSA) is 0 Å². The zero-order valence-corrected chi connectivity index (χ0v) is 17.3. The lowest BCUT2D eigenvalue weighted by molar-refractivity contribution is -0.422. The van der Waals surface area contributed by atoms with Gasteiger partial charge in [-0.15, -0.1) is 0 Å². The average Bonchev–Trinajstić information content (AvgIpc) is 2.47. The maximum atomic E-state index is 13.9. The van der Waals surface area contributed by atoms with Crippen molar-refractivity contribution in [2.75, 3.05) is 0 Å². The molecule has 12 heteroatoms. The third-order valence-electron chi connectivity index (χ3n) is 4.25. The first-order chi connectivity index (χ1) is 12.3. The molecule has 0 fully saturated rings. The van der Waals surface area contributed by atoms with Crippen molar-refractivity contribution in [3.63, 3.8) is 0 Å². The van der Waals surface area contributed by atoms with Crippen LogP contribution in [0.5, 0.6) is 0 Å². The Labute approximate surface area is 169 Å². The molecule has 0 saturated carbocycles. The van der Waals surface area contributed by atoms with Crippen molar-refractivity contribution in [2.45, 2.75) is 98.5 Å². The molecule has 170 valence electrons. The molecular weight excluding hydrogens is 528 g/mol. The maximum absolute atomic E-state index is 13.9. The third kappa shape index (κ3) is 6.23. The van der Waals surface area contributed by atoms with Crippen molar-refractivity contribution >= 4 is 22.6 Å². The summed E-state index contributed by atoms with van der Waals surface area (Å²) >= 11 is 1.31. The first-order valence-electron chi connectivity index (χ1n) is 8.54. The number of alkyl halides is 12. The third-order valence-corrected chi connectivity index (χ3v) is 5.17. The Kier molecular flexibility index (Phi) is 9.39. The summed E-state index contributed by atoms with van der Waals surface area (Å²) in [6.45, 7) is 2.99. The van der Waals surface area contributed by atoms with Gasteiger partial charge in [0.2, 0.25) is 0 Å². The minimum atomic E-state index is -7.33. The fraction of sp³-hybridized carbons (Fsp3) is 1.00. The second-order valence-electron chi connectivity index (χ2n) is 7.03. The lowest BCUT2D eigenvalue weighted by atomic mass is 9.89. The Morgan fingerprint density at radius 2 is 1.04 bits per heavy atom. The quantitative estimate of drug-likeness (QED) is 0.0991. The molecule has 0 radical (unpaired) electrons. The summed E-state index contributed by atoms with van der Waals surface area (Å²) in [5.74, 6) is -27.3. The fourth-order valence-electron chi connectivity index (χ4n) is 2.54. The molecule has 0 aliphatic carbocycles. The minimum absolute atomic E-state index is 0.118. The molecule has 0 aliphatic heterocycles. The number of unbranched alkanes of at least 4 members (excludes halogenated alkanes) is 5. The van der Waals surface area contributed by atoms with Crippen molar-refractivity contribution < 1.29 is 48.3 Å². The van der Waals surface area contributed by atoms with Crippen LogP contribution in [0.3, 0.4) is 0 Å². The van der Waals surface area contributed by atoms with Gasteiger partial charge in [-0.05, 0) is 6.42 Å². The van der Waals surface area contributed by atoms with Crippen LogP contribution in [0, 0.1) is 0 Å². The van der Waals surface area contributed by atoms with Gasteiger partial charge in [0, 0.05) is 9.84 Å². The molecule has 0 nitrogen and oxygen atoms in total. The standard InChI is InChI=1S/C16H22F11I/c1-3-4-5-6-7-8-9-11(2,28)10-12(17,18)13(19,20)14(21,22)15(23,24)16(25,26)27/h3-10H2,1-2H3. The number of hydrogen-bond donors (Lipinski definition) is 0. The summed E-state index contributed by atoms with van der Waals surface area (Å²) in [5, 5.41) is 0. The van der Waals surface area contributed by atoms with Crippen molar-refractivity contribution in [1.29, 1.82) is 0 Å². The Morgan fingerprint density at radius 3 is 1.46 bits per heavy atom. The van der Waals surface area contributed by atoms with Gasteiger partial charge in [0.1, 0.15) is 0 Å². The van der Waals surface area contributed by atoms with Crippen LogP contribution in [0.2, 0.25) is 0 Å². The van der Waals surface area contributed by atoms with E-state index in [2.05, 4.69) is 0 Å². The van der Waals surface area contributed by atoms with Crippen LogP contribution >= 0.6 is 22.6 Å². The molecule has 1 atom stereocenters. The van der Waals surface area contributed by atoms with Gasteiger partial charge >= 0.3 is 29.9 Å². The highest BCUT2D eigenvalue weighted by atomic mass is 127. The van der Waals surface area contributed by atoms with E-state index in [1.165, 1.54) is 22.6 Å². The first-order valence-corrected chi connectivity index (χ1v) is 9.61. The largest absolute Gasteiger partial charge is 0.460 e. The zero-order chi connectivity index (χ0) is 22.7. The van der Waals surface area contributed by atoms with Crippen LogP contribution in [0.15, 0.2) is 0 Å². The molecule has 0 aromatic carbocycles. The lowest BCUT2D eigenvalue weighted by Gasteiger charge is -2.39. The van der Waals surface area contributed by atoms with E-state index < -0.39 is 39.7 Å². The molecule has 0 heterocycles. The normalized spacial score (nSPS) is 16.9. The van der Waals surface area contributed by atoms with Crippen LogP contribution in [0.4, 0.5) is 48.3 Å². The summed E-state index contributed by atoms with van der Waals surface area (Å²) in [6, 6.07) is 0. The number of halogens is 12. The van der Waals surface area contributed by atoms with Gasteiger partial charge in [-0.1, -0.05) is 75.0 Å². The van der Waals surface area contributed by atoms with Gasteiger partial charge in [-0.25, -0.2) is 0 Å². The van der Waals surface area contributed by atoms with E-state index in [0.717, 1.165) is 32.6 Å². The molecule has 0 aliphatic rings. The van der Waals surface area contributed by atoms with E-state index in [4.69, 9.17) is 0 Å². The van der Waals surface area contributed by atoms with Crippen LogP contribution in [-0.4, -0.2) is 33.3 Å². The van der Waals surface area contributed by atoms with Gasteiger partial charge in [-0.3, -0.25) is 0 Å². The van der Waals surface area contributed by atoms with E-state index in [1.807, 2.05) is 6.92 Å². The summed E-state index contributed by atoms with van der Waals surface area (Å²) in [6.07, 6.45) is -4.88. The van der Waals surface area contributed by atoms with E-state index in [9.17, 15) is 48.3 Å². The minimum Gasteiger partial charge on any atom is -0.200 e. The van der Waals surface area contributed by atoms with Gasteiger partial charge in [0.15, 0.2) is 0 Å². The van der Waals surface area contributed by atoms with Crippen LogP contribution in [-0.2, 0) is 0 Å². The van der Waals surface area contributed by atoms with Crippen molar-refractivity contribution in [1.82, 2.24) is 0 Å². The summed E-state index contributed by atoms with van der Waals surface area (Å²) in [5.41, 5.74) is 0. The van der Waals surface area contributed by atoms with Crippen LogP contribution in [0.25, 0.3) is 0 Å². The Morgan fingerprint density at radius 1 is 0.607 bits per heavy atom. The SMILES string of the molecule is CCCCCCCCC(C)(I)CC(F)(F)C(F)(F)C(F)(F)C(F)(F)C(F)(F)F. The molecule has 0 saturated heterocycles. The predicted octanol–water partition coefficient (Wildman–Crippen LogP) is 8.42. The summed E-state index contributed by atoms with van der Waals surface area (Å²) in [7, 11) is 0. The van der Waals surface area contributed by atoms with Crippen LogP contribution in [0.1, 0.15) is 65.2 Å². The molecule has 0 aromatic rings. The van der Waals surface area contributed by atoms with Gasteiger partial charge in [0.25, 0.3) is 0 Å². The van der Waals surface area contributed by atoms with Crippen molar-refractivity contribution in [3.05, 3.63) is 0 Å². The lowest BCUT2D eigenvalue weighted by Crippen LogP contribution is -2.67. The van der Waals surface area contributed by atoms with E-state index in [1.54, 1.807) is 0 Å². The highest BCUT2D eigenvalue weighted by Crippen LogP contribution is 2.59. The summed E-state index contributed by atoms with van der Waals surface area (Å²) < 4.78 is 142. The predicted molar refractivity (Wildman–Crippen MR) is 90.9 cm³/mol. The fourth-order valence-corrected chi connectivity index (χ4v) is 3.40. The van der Waals surface area contributed by atoms with Gasteiger partial charge in [-0.2, -0.15) is 48.3 Å². The van der Waals surface area contributed by atoms with Crippen molar-refractivity contribution in [2.24, 2.45) is 0 Å². The number of rotatable bonds is 12. The van der Waals surface area contributed by atoms with Crippen molar-refractivity contribution in [3.8, 4) is 0 Å². The molecular formula is C16H22F11I. The van der Waals surface area contributed by atoms with Gasteiger partial charge < -0.3 is 0 Å². The smallest absolute Gasteiger partial charge is 0.200 e. The molecule has 1 unspecified atom stereocenters. The zero-order valence-electron chi connectivity index (χ0n) is 15.2. The summed E-state index contributed by atoms with van der Waals surface area (Å²) in [4.78, 5) is 0. The Hall–Kier alpha value is -0.0400. The molecule has 0 aromatic heterocycles. The van der Waals surface area contributed by atoms with E-state index in [0.29, 0.717) is 12.8 Å². The van der Waals surface area contributed by atoms with Crippen LogP contribution < -0.4 is 0 Å². The highest BCUT2D eigenvalue weighted by Gasteiger charge is 2.87. The highest BCUT2D eigenvalue weighted by molar-refractivity contribution is 14.1. The monoisotopic (exact) mass is 550 g/mol. The molecule has 0 N–H and O–H groups in total. The first kappa shape index (κ1) is 28.0.